The van der Waals surface area contributed by atoms with Crippen molar-refractivity contribution in [2.45, 2.75) is 44.8 Å². The maximum Gasteiger partial charge on any atom is 0.422 e. The van der Waals surface area contributed by atoms with Crippen molar-refractivity contribution in [2.24, 2.45) is 0 Å². The van der Waals surface area contributed by atoms with Gasteiger partial charge in [-0.15, -0.1) is 0 Å². The second kappa shape index (κ2) is 8.26. The van der Waals surface area contributed by atoms with E-state index in [1.54, 1.807) is 12.1 Å². The molecule has 1 unspecified atom stereocenters. The van der Waals surface area contributed by atoms with E-state index in [4.69, 9.17) is 0 Å². The van der Waals surface area contributed by atoms with Crippen LogP contribution in [0.1, 0.15) is 44.2 Å². The molecule has 0 saturated carbocycles. The number of nitrogens with zero attached hydrogens (tertiary/aromatic N) is 1. The zero-order valence-corrected chi connectivity index (χ0v) is 13.7. The minimum atomic E-state index is -4.35. The summed E-state index contributed by atoms with van der Waals surface area (Å²) >= 11 is 0. The van der Waals surface area contributed by atoms with Crippen LogP contribution in [-0.2, 0) is 0 Å². The number of carbonyl (C=O) groups is 1. The molecule has 134 valence electrons. The van der Waals surface area contributed by atoms with Crippen LogP contribution in [-0.4, -0.2) is 36.8 Å². The van der Waals surface area contributed by atoms with Crippen molar-refractivity contribution in [1.82, 2.24) is 10.2 Å². The Morgan fingerprint density at radius 3 is 2.29 bits per heavy atom. The van der Waals surface area contributed by atoms with Crippen LogP contribution in [0.4, 0.5) is 18.0 Å². The zero-order valence-electron chi connectivity index (χ0n) is 13.7. The van der Waals surface area contributed by atoms with Gasteiger partial charge in [0.2, 0.25) is 0 Å². The van der Waals surface area contributed by atoms with Crippen LogP contribution in [0.25, 0.3) is 0 Å². The maximum absolute atomic E-state index is 12.3. The number of halogens is 3. The first-order valence-corrected chi connectivity index (χ1v) is 8.20. The second-order valence-electron chi connectivity index (χ2n) is 6.05. The predicted octanol–water partition coefficient (Wildman–Crippen LogP) is 4.27. The summed E-state index contributed by atoms with van der Waals surface area (Å²) in [7, 11) is 0. The number of alkyl halides is 3. The number of nitrogens with one attached hydrogen (secondary N) is 1. The van der Waals surface area contributed by atoms with Crippen molar-refractivity contribution in [1.29, 1.82) is 0 Å². The third-order valence-electron chi connectivity index (χ3n) is 4.02. The van der Waals surface area contributed by atoms with Gasteiger partial charge in [0.25, 0.3) is 0 Å². The van der Waals surface area contributed by atoms with E-state index in [0.29, 0.717) is 0 Å². The van der Waals surface area contributed by atoms with Gasteiger partial charge in [-0.25, -0.2) is 4.79 Å². The van der Waals surface area contributed by atoms with E-state index in [9.17, 15) is 18.0 Å². The monoisotopic (exact) mass is 344 g/mol. The van der Waals surface area contributed by atoms with Crippen molar-refractivity contribution in [3.8, 4) is 5.75 Å². The molecule has 7 heteroatoms. The normalized spacial score (nSPS) is 17.1. The lowest BCUT2D eigenvalue weighted by molar-refractivity contribution is -0.153. The molecule has 1 saturated heterocycles. The van der Waals surface area contributed by atoms with Gasteiger partial charge in [0, 0.05) is 13.1 Å². The van der Waals surface area contributed by atoms with Crippen LogP contribution in [0, 0.1) is 0 Å². The quantitative estimate of drug-likeness (QED) is 0.886. The Kier molecular flexibility index (Phi) is 6.34. The number of rotatable bonds is 4. The van der Waals surface area contributed by atoms with E-state index in [0.717, 1.165) is 44.3 Å². The van der Waals surface area contributed by atoms with E-state index < -0.39 is 12.8 Å². The molecule has 1 aromatic carbocycles. The molecule has 1 atom stereocenters. The van der Waals surface area contributed by atoms with Gasteiger partial charge < -0.3 is 15.0 Å². The molecule has 1 heterocycles. The van der Waals surface area contributed by atoms with Crippen LogP contribution in [0.15, 0.2) is 24.3 Å². The second-order valence-corrected chi connectivity index (χ2v) is 6.05. The standard InChI is InChI=1S/C17H23F3N2O2/c1-13(21-16(23)22-10-4-2-3-5-11-22)14-6-8-15(9-7-14)24-12-17(18,19)20/h6-9,13H,2-5,10-12H2,1H3,(H,21,23). The molecule has 1 aliphatic rings. The minimum Gasteiger partial charge on any atom is -0.484 e. The molecule has 0 radical (unpaired) electrons. The van der Waals surface area contributed by atoms with Gasteiger partial charge in [-0.3, -0.25) is 0 Å². The number of benzene rings is 1. The SMILES string of the molecule is CC(NC(=O)N1CCCCCC1)c1ccc(OCC(F)(F)F)cc1. The summed E-state index contributed by atoms with van der Waals surface area (Å²) in [5, 5.41) is 2.94. The number of amides is 2. The third kappa shape index (κ3) is 5.94. The first-order chi connectivity index (χ1) is 11.3. The Morgan fingerprint density at radius 2 is 1.75 bits per heavy atom. The van der Waals surface area contributed by atoms with Gasteiger partial charge in [-0.2, -0.15) is 13.2 Å². The topological polar surface area (TPSA) is 41.6 Å². The number of hydrogen-bond donors (Lipinski definition) is 1. The fourth-order valence-corrected chi connectivity index (χ4v) is 2.65. The fraction of sp³-hybridized carbons (Fsp3) is 0.588. The van der Waals surface area contributed by atoms with E-state index in [2.05, 4.69) is 10.1 Å². The average molecular weight is 344 g/mol. The lowest BCUT2D eigenvalue weighted by Crippen LogP contribution is -2.41. The van der Waals surface area contributed by atoms with E-state index in [1.165, 1.54) is 12.1 Å². The Morgan fingerprint density at radius 1 is 1.17 bits per heavy atom. The molecule has 1 N–H and O–H groups in total. The number of carbonyl (C=O) groups excluding carboxylic acids is 1. The van der Waals surface area contributed by atoms with E-state index in [-0.39, 0.29) is 17.8 Å². The Balaban J connectivity index is 1.87. The molecule has 24 heavy (non-hydrogen) atoms. The molecular weight excluding hydrogens is 321 g/mol. The molecule has 2 amide bonds. The number of ether oxygens (including phenoxy) is 1. The minimum absolute atomic E-state index is 0.0956. The fourth-order valence-electron chi connectivity index (χ4n) is 2.65. The first kappa shape index (κ1) is 18.4. The highest BCUT2D eigenvalue weighted by Crippen LogP contribution is 2.21. The molecule has 2 rings (SSSR count). The highest BCUT2D eigenvalue weighted by atomic mass is 19.4. The van der Waals surface area contributed by atoms with Crippen LogP contribution in [0.3, 0.4) is 0 Å². The van der Waals surface area contributed by atoms with Gasteiger partial charge >= 0.3 is 12.2 Å². The summed E-state index contributed by atoms with van der Waals surface area (Å²) in [6.45, 7) is 2.07. The molecule has 0 bridgehead atoms. The summed E-state index contributed by atoms with van der Waals surface area (Å²) in [6.07, 6.45) is -0.00930. The molecule has 4 nitrogen and oxygen atoms in total. The Bertz CT molecular complexity index is 524. The number of hydrogen-bond acceptors (Lipinski definition) is 2. The lowest BCUT2D eigenvalue weighted by atomic mass is 10.1. The van der Waals surface area contributed by atoms with Gasteiger partial charge in [0.05, 0.1) is 6.04 Å². The summed E-state index contributed by atoms with van der Waals surface area (Å²) in [6, 6.07) is 5.97. The smallest absolute Gasteiger partial charge is 0.422 e. The van der Waals surface area contributed by atoms with Crippen LogP contribution in [0.2, 0.25) is 0 Å². The lowest BCUT2D eigenvalue weighted by Gasteiger charge is -2.24. The maximum atomic E-state index is 12.3. The molecule has 0 aliphatic carbocycles. The summed E-state index contributed by atoms with van der Waals surface area (Å²) in [5.41, 5.74) is 0.817. The highest BCUT2D eigenvalue weighted by Gasteiger charge is 2.28. The van der Waals surface area contributed by atoms with Crippen molar-refractivity contribution >= 4 is 6.03 Å². The largest absolute Gasteiger partial charge is 0.484 e. The third-order valence-corrected chi connectivity index (χ3v) is 4.02. The molecular formula is C17H23F3N2O2. The van der Waals surface area contributed by atoms with Crippen LogP contribution in [0.5, 0.6) is 5.75 Å². The summed E-state index contributed by atoms with van der Waals surface area (Å²) in [5.74, 6) is 0.155. The van der Waals surface area contributed by atoms with Crippen molar-refractivity contribution < 1.29 is 22.7 Å². The molecule has 1 fully saturated rings. The molecule has 1 aliphatic heterocycles. The summed E-state index contributed by atoms with van der Waals surface area (Å²) in [4.78, 5) is 14.1. The van der Waals surface area contributed by atoms with Crippen molar-refractivity contribution in [3.05, 3.63) is 29.8 Å². The molecule has 1 aromatic rings. The van der Waals surface area contributed by atoms with Gasteiger partial charge in [0.1, 0.15) is 5.75 Å². The zero-order chi connectivity index (χ0) is 17.6. The number of likely N-dealkylation sites (tertiary alicyclic amines) is 1. The van der Waals surface area contributed by atoms with Crippen LogP contribution < -0.4 is 10.1 Å². The summed E-state index contributed by atoms with van der Waals surface area (Å²) < 4.78 is 41.0. The van der Waals surface area contributed by atoms with Gasteiger partial charge in [-0.1, -0.05) is 25.0 Å². The Labute approximate surface area is 140 Å². The van der Waals surface area contributed by atoms with E-state index >= 15 is 0 Å². The molecule has 0 aromatic heterocycles. The predicted molar refractivity (Wildman–Crippen MR) is 85.0 cm³/mol. The first-order valence-electron chi connectivity index (χ1n) is 8.20. The van der Waals surface area contributed by atoms with Gasteiger partial charge in [0.15, 0.2) is 6.61 Å². The van der Waals surface area contributed by atoms with Crippen molar-refractivity contribution in [2.75, 3.05) is 19.7 Å². The van der Waals surface area contributed by atoms with E-state index in [1.807, 2.05) is 11.8 Å². The van der Waals surface area contributed by atoms with Gasteiger partial charge in [-0.05, 0) is 37.5 Å². The Hall–Kier alpha value is -1.92. The highest BCUT2D eigenvalue weighted by molar-refractivity contribution is 5.74. The average Bonchev–Trinajstić information content (AvgIpc) is 2.82. The van der Waals surface area contributed by atoms with Crippen molar-refractivity contribution in [3.63, 3.8) is 0 Å². The number of urea groups is 1. The van der Waals surface area contributed by atoms with Crippen LogP contribution >= 0.6 is 0 Å². The molecule has 0 spiro atoms.